The summed E-state index contributed by atoms with van der Waals surface area (Å²) in [6.07, 6.45) is 0.184. The zero-order valence-electron chi connectivity index (χ0n) is 12.2. The summed E-state index contributed by atoms with van der Waals surface area (Å²) in [5, 5.41) is 0.989. The van der Waals surface area contributed by atoms with E-state index in [1.807, 2.05) is 30.3 Å². The summed E-state index contributed by atoms with van der Waals surface area (Å²) in [6.45, 7) is 2.42. The molecule has 21 heavy (non-hydrogen) atoms. The van der Waals surface area contributed by atoms with Crippen LogP contribution in [0.5, 0.6) is 0 Å². The molecule has 1 aromatic heterocycles. The SMILES string of the molecule is CCOC(=O)CCN(C)C(=O)c1ccc2ccccc2n1. The van der Waals surface area contributed by atoms with E-state index in [1.54, 1.807) is 20.0 Å². The number of carbonyl (C=O) groups excluding carboxylic acids is 2. The second kappa shape index (κ2) is 6.83. The van der Waals surface area contributed by atoms with Crippen molar-refractivity contribution < 1.29 is 14.3 Å². The van der Waals surface area contributed by atoms with Gasteiger partial charge in [0.25, 0.3) is 5.91 Å². The predicted octanol–water partition coefficient (Wildman–Crippen LogP) is 2.26. The molecule has 0 atom stereocenters. The Morgan fingerprint density at radius 2 is 1.95 bits per heavy atom. The molecule has 0 bridgehead atoms. The normalized spacial score (nSPS) is 10.4. The van der Waals surface area contributed by atoms with E-state index < -0.39 is 0 Å². The van der Waals surface area contributed by atoms with Crippen LogP contribution in [0, 0.1) is 0 Å². The molecule has 0 fully saturated rings. The predicted molar refractivity (Wildman–Crippen MR) is 80.0 cm³/mol. The monoisotopic (exact) mass is 286 g/mol. The second-order valence-electron chi connectivity index (χ2n) is 4.67. The van der Waals surface area contributed by atoms with Gasteiger partial charge in [-0.15, -0.1) is 0 Å². The molecule has 1 amide bonds. The highest BCUT2D eigenvalue weighted by atomic mass is 16.5. The molecule has 2 rings (SSSR count). The van der Waals surface area contributed by atoms with Crippen molar-refractivity contribution in [2.45, 2.75) is 13.3 Å². The van der Waals surface area contributed by atoms with E-state index in [2.05, 4.69) is 4.98 Å². The van der Waals surface area contributed by atoms with Gasteiger partial charge in [-0.25, -0.2) is 4.98 Å². The molecule has 1 heterocycles. The van der Waals surface area contributed by atoms with Crippen molar-refractivity contribution in [1.29, 1.82) is 0 Å². The van der Waals surface area contributed by atoms with Crippen LogP contribution in [0.4, 0.5) is 0 Å². The average molecular weight is 286 g/mol. The zero-order valence-corrected chi connectivity index (χ0v) is 12.2. The van der Waals surface area contributed by atoms with Crippen LogP contribution in [0.2, 0.25) is 0 Å². The zero-order chi connectivity index (χ0) is 15.2. The number of benzene rings is 1. The van der Waals surface area contributed by atoms with E-state index in [1.165, 1.54) is 4.90 Å². The lowest BCUT2D eigenvalue weighted by Gasteiger charge is -2.16. The van der Waals surface area contributed by atoms with Crippen LogP contribution in [0.25, 0.3) is 10.9 Å². The van der Waals surface area contributed by atoms with Gasteiger partial charge in [0, 0.05) is 19.0 Å². The molecule has 0 aliphatic carbocycles. The number of fused-ring (bicyclic) bond motifs is 1. The minimum Gasteiger partial charge on any atom is -0.466 e. The maximum absolute atomic E-state index is 12.3. The molecule has 5 nitrogen and oxygen atoms in total. The molecule has 0 spiro atoms. The van der Waals surface area contributed by atoms with Gasteiger partial charge >= 0.3 is 5.97 Å². The van der Waals surface area contributed by atoms with Gasteiger partial charge in [0.1, 0.15) is 5.69 Å². The fourth-order valence-electron chi connectivity index (χ4n) is 1.97. The lowest BCUT2D eigenvalue weighted by molar-refractivity contribution is -0.143. The molecule has 1 aromatic carbocycles. The van der Waals surface area contributed by atoms with E-state index in [9.17, 15) is 9.59 Å². The van der Waals surface area contributed by atoms with E-state index in [-0.39, 0.29) is 18.3 Å². The molecule has 0 saturated heterocycles. The fourth-order valence-corrected chi connectivity index (χ4v) is 1.97. The third-order valence-corrected chi connectivity index (χ3v) is 3.12. The largest absolute Gasteiger partial charge is 0.466 e. The molecule has 0 N–H and O–H groups in total. The van der Waals surface area contributed by atoms with Crippen molar-refractivity contribution in [2.24, 2.45) is 0 Å². The Morgan fingerprint density at radius 1 is 1.19 bits per heavy atom. The molecule has 0 aliphatic heterocycles. The first-order valence-electron chi connectivity index (χ1n) is 6.88. The number of aromatic nitrogens is 1. The number of nitrogens with zero attached hydrogens (tertiary/aromatic N) is 2. The summed E-state index contributed by atoms with van der Waals surface area (Å²) in [6, 6.07) is 11.2. The maximum Gasteiger partial charge on any atom is 0.307 e. The van der Waals surface area contributed by atoms with Crippen LogP contribution in [0.15, 0.2) is 36.4 Å². The van der Waals surface area contributed by atoms with E-state index >= 15 is 0 Å². The van der Waals surface area contributed by atoms with Gasteiger partial charge in [0.2, 0.25) is 0 Å². The summed E-state index contributed by atoms with van der Waals surface area (Å²) >= 11 is 0. The Kier molecular flexibility index (Phi) is 4.87. The summed E-state index contributed by atoms with van der Waals surface area (Å²) < 4.78 is 4.84. The standard InChI is InChI=1S/C16H18N2O3/c1-3-21-15(19)10-11-18(2)16(20)14-9-8-12-6-4-5-7-13(12)17-14/h4-9H,3,10-11H2,1-2H3. The van der Waals surface area contributed by atoms with E-state index in [0.717, 1.165) is 10.9 Å². The van der Waals surface area contributed by atoms with Gasteiger partial charge in [-0.1, -0.05) is 24.3 Å². The molecule has 110 valence electrons. The van der Waals surface area contributed by atoms with Crippen molar-refractivity contribution in [1.82, 2.24) is 9.88 Å². The summed E-state index contributed by atoms with van der Waals surface area (Å²) in [7, 11) is 1.65. The highest BCUT2D eigenvalue weighted by Crippen LogP contribution is 2.12. The van der Waals surface area contributed by atoms with Crippen molar-refractivity contribution in [3.05, 3.63) is 42.1 Å². The first-order valence-corrected chi connectivity index (χ1v) is 6.88. The van der Waals surface area contributed by atoms with E-state index in [4.69, 9.17) is 4.74 Å². The number of rotatable bonds is 5. The third-order valence-electron chi connectivity index (χ3n) is 3.12. The first-order chi connectivity index (χ1) is 10.1. The van der Waals surface area contributed by atoms with Crippen molar-refractivity contribution >= 4 is 22.8 Å². The van der Waals surface area contributed by atoms with Crippen molar-refractivity contribution in [3.63, 3.8) is 0 Å². The van der Waals surface area contributed by atoms with Crippen LogP contribution in [0.3, 0.4) is 0 Å². The van der Waals surface area contributed by atoms with Crippen molar-refractivity contribution in [3.8, 4) is 0 Å². The number of hydrogen-bond acceptors (Lipinski definition) is 4. The van der Waals surface area contributed by atoms with Gasteiger partial charge in [-0.05, 0) is 19.1 Å². The topological polar surface area (TPSA) is 59.5 Å². The average Bonchev–Trinajstić information content (AvgIpc) is 2.51. The Hall–Kier alpha value is -2.43. The van der Waals surface area contributed by atoms with Crippen LogP contribution < -0.4 is 0 Å². The summed E-state index contributed by atoms with van der Waals surface area (Å²) in [4.78, 5) is 29.4. The lowest BCUT2D eigenvalue weighted by Crippen LogP contribution is -2.30. The number of para-hydroxylation sites is 1. The van der Waals surface area contributed by atoms with Gasteiger partial charge < -0.3 is 9.64 Å². The number of carbonyl (C=O) groups is 2. The molecular formula is C16H18N2O3. The minimum atomic E-state index is -0.302. The van der Waals surface area contributed by atoms with Crippen LogP contribution >= 0.6 is 0 Å². The van der Waals surface area contributed by atoms with Crippen LogP contribution in [0.1, 0.15) is 23.8 Å². The number of esters is 1. The Labute approximate surface area is 123 Å². The maximum atomic E-state index is 12.3. The lowest BCUT2D eigenvalue weighted by atomic mass is 10.2. The smallest absolute Gasteiger partial charge is 0.307 e. The van der Waals surface area contributed by atoms with Crippen molar-refractivity contribution in [2.75, 3.05) is 20.2 Å². The van der Waals surface area contributed by atoms with Gasteiger partial charge in [0.15, 0.2) is 0 Å². The molecule has 0 radical (unpaired) electrons. The van der Waals surface area contributed by atoms with Gasteiger partial charge in [-0.3, -0.25) is 9.59 Å². The van der Waals surface area contributed by atoms with E-state index in [0.29, 0.717) is 18.8 Å². The highest BCUT2D eigenvalue weighted by Gasteiger charge is 2.15. The van der Waals surface area contributed by atoms with Gasteiger partial charge in [-0.2, -0.15) is 0 Å². The Morgan fingerprint density at radius 3 is 2.71 bits per heavy atom. The number of pyridine rings is 1. The second-order valence-corrected chi connectivity index (χ2v) is 4.67. The highest BCUT2D eigenvalue weighted by molar-refractivity contribution is 5.94. The molecule has 0 aliphatic rings. The number of hydrogen-bond donors (Lipinski definition) is 0. The quantitative estimate of drug-likeness (QED) is 0.791. The summed E-state index contributed by atoms with van der Waals surface area (Å²) in [5.41, 5.74) is 1.15. The third kappa shape index (κ3) is 3.78. The van der Waals surface area contributed by atoms with Crippen LogP contribution in [-0.4, -0.2) is 42.0 Å². The molecule has 5 heteroatoms. The molecule has 0 unspecified atom stereocenters. The number of amides is 1. The van der Waals surface area contributed by atoms with Gasteiger partial charge in [0.05, 0.1) is 18.5 Å². The Balaban J connectivity index is 2.05. The molecular weight excluding hydrogens is 268 g/mol. The summed E-state index contributed by atoms with van der Waals surface area (Å²) in [5.74, 6) is -0.506. The van der Waals surface area contributed by atoms with Crippen LogP contribution in [-0.2, 0) is 9.53 Å². The molecule has 2 aromatic rings. The fraction of sp³-hybridized carbons (Fsp3) is 0.312. The minimum absolute atomic E-state index is 0.184. The molecule has 0 saturated carbocycles. The Bertz CT molecular complexity index is 655. The number of ether oxygens (including phenoxy) is 1. The first kappa shape index (κ1) is 15.0.